The predicted molar refractivity (Wildman–Crippen MR) is 73.6 cm³/mol. The van der Waals surface area contributed by atoms with E-state index >= 15 is 0 Å². The summed E-state index contributed by atoms with van der Waals surface area (Å²) >= 11 is 0. The Labute approximate surface area is 112 Å². The van der Waals surface area contributed by atoms with Crippen molar-refractivity contribution in [2.24, 2.45) is 11.3 Å². The number of benzene rings is 1. The minimum atomic E-state index is -0.154. The van der Waals surface area contributed by atoms with Gasteiger partial charge in [-0.05, 0) is 46.8 Å². The second-order valence-electron chi connectivity index (χ2n) is 6.53. The highest BCUT2D eigenvalue weighted by Crippen LogP contribution is 2.54. The van der Waals surface area contributed by atoms with Crippen LogP contribution in [0.2, 0.25) is 0 Å². The number of carbonyl (C=O) groups is 1. The van der Waals surface area contributed by atoms with E-state index < -0.39 is 0 Å². The van der Waals surface area contributed by atoms with Crippen LogP contribution in [0.25, 0.3) is 11.6 Å². The Balaban J connectivity index is 1.94. The third kappa shape index (κ3) is 1.00. The zero-order chi connectivity index (χ0) is 12.6. The number of nitrogens with one attached hydrogen (secondary N) is 1. The molecule has 3 unspecified atom stereocenters. The van der Waals surface area contributed by atoms with Gasteiger partial charge in [0.05, 0.1) is 11.5 Å². The molecule has 1 heterocycles. The molecule has 2 heteroatoms. The Bertz CT molecular complexity index is 732. The fourth-order valence-electron chi connectivity index (χ4n) is 5.12. The molecule has 0 radical (unpaired) electrons. The minimum absolute atomic E-state index is 0.154. The Hall–Kier alpha value is -1.57. The summed E-state index contributed by atoms with van der Waals surface area (Å²) in [5, 5.41) is 6.02. The number of hydrogen-bond acceptors (Lipinski definition) is 1. The fraction of sp³-hybridized carbons (Fsp3) is 0.471. The smallest absolute Gasteiger partial charge is 0.231 e. The van der Waals surface area contributed by atoms with Crippen LogP contribution >= 0.6 is 0 Å². The van der Waals surface area contributed by atoms with Gasteiger partial charge in [-0.3, -0.25) is 4.79 Å². The molecule has 96 valence electrons. The highest BCUT2D eigenvalue weighted by molar-refractivity contribution is 6.03. The number of amides is 1. The van der Waals surface area contributed by atoms with Gasteiger partial charge < -0.3 is 5.32 Å². The topological polar surface area (TPSA) is 29.1 Å². The van der Waals surface area contributed by atoms with Crippen molar-refractivity contribution in [3.63, 3.8) is 0 Å². The van der Waals surface area contributed by atoms with Crippen molar-refractivity contribution in [1.29, 1.82) is 0 Å². The standard InChI is InChI=1S/C17H17NO/c19-16-17-7-2-1-6-12(17)8-10-4-3-5-11-9-13(18-16)15(17)14(10)11/h3-5,9,12-13H,1-2,6-8H2,(H,18,19). The fourth-order valence-corrected chi connectivity index (χ4v) is 5.12. The summed E-state index contributed by atoms with van der Waals surface area (Å²) in [7, 11) is 0. The van der Waals surface area contributed by atoms with Crippen LogP contribution in [0.5, 0.6) is 0 Å². The van der Waals surface area contributed by atoms with Crippen molar-refractivity contribution in [2.75, 3.05) is 0 Å². The summed E-state index contributed by atoms with van der Waals surface area (Å²) in [6.07, 6.45) is 8.14. The van der Waals surface area contributed by atoms with E-state index in [1.807, 2.05) is 0 Å². The number of rotatable bonds is 0. The van der Waals surface area contributed by atoms with E-state index in [0.29, 0.717) is 11.8 Å². The molecule has 2 fully saturated rings. The van der Waals surface area contributed by atoms with Gasteiger partial charge in [0.25, 0.3) is 0 Å². The molecule has 5 rings (SSSR count). The number of carbonyl (C=O) groups excluding carboxylic acids is 1. The van der Waals surface area contributed by atoms with Gasteiger partial charge in [-0.25, -0.2) is 0 Å². The quantitative estimate of drug-likeness (QED) is 0.728. The molecule has 1 saturated heterocycles. The highest BCUT2D eigenvalue weighted by atomic mass is 16.2. The van der Waals surface area contributed by atoms with Crippen LogP contribution in [-0.4, -0.2) is 11.9 Å². The summed E-state index contributed by atoms with van der Waals surface area (Å²) in [6, 6.07) is 6.82. The molecule has 3 aliphatic carbocycles. The molecule has 4 aliphatic rings. The van der Waals surface area contributed by atoms with E-state index in [-0.39, 0.29) is 11.5 Å². The highest BCUT2D eigenvalue weighted by Gasteiger charge is 2.58. The second-order valence-corrected chi connectivity index (χ2v) is 6.53. The maximum atomic E-state index is 12.7. The van der Waals surface area contributed by atoms with Gasteiger partial charge in [0.2, 0.25) is 5.91 Å². The molecule has 19 heavy (non-hydrogen) atoms. The summed E-state index contributed by atoms with van der Waals surface area (Å²) in [4.78, 5) is 12.7. The van der Waals surface area contributed by atoms with Gasteiger partial charge in [-0.1, -0.05) is 37.1 Å². The predicted octanol–water partition coefficient (Wildman–Crippen LogP) is 0.862. The van der Waals surface area contributed by atoms with Gasteiger partial charge in [0.15, 0.2) is 0 Å². The molecule has 1 aromatic rings. The molecular weight excluding hydrogens is 234 g/mol. The lowest BCUT2D eigenvalue weighted by Gasteiger charge is -2.43. The van der Waals surface area contributed by atoms with Crippen molar-refractivity contribution >= 4 is 17.6 Å². The zero-order valence-corrected chi connectivity index (χ0v) is 10.9. The monoisotopic (exact) mass is 251 g/mol. The molecule has 1 N–H and O–H groups in total. The summed E-state index contributed by atoms with van der Waals surface area (Å²) in [5.41, 5.74) is 2.75. The van der Waals surface area contributed by atoms with Crippen molar-refractivity contribution in [3.05, 3.63) is 34.2 Å². The lowest BCUT2D eigenvalue weighted by Crippen LogP contribution is -2.48. The zero-order valence-electron chi connectivity index (χ0n) is 10.9. The third-order valence-corrected chi connectivity index (χ3v) is 5.82. The Morgan fingerprint density at radius 3 is 3.16 bits per heavy atom. The molecule has 2 nitrogen and oxygen atoms in total. The van der Waals surface area contributed by atoms with E-state index in [9.17, 15) is 4.79 Å². The van der Waals surface area contributed by atoms with Crippen LogP contribution < -0.4 is 15.8 Å². The molecule has 1 spiro atoms. The minimum Gasteiger partial charge on any atom is -0.345 e. The van der Waals surface area contributed by atoms with E-state index in [1.165, 1.54) is 40.8 Å². The first-order chi connectivity index (χ1) is 9.30. The second kappa shape index (κ2) is 3.12. The maximum Gasteiger partial charge on any atom is 0.231 e. The summed E-state index contributed by atoms with van der Waals surface area (Å²) in [6.45, 7) is 0. The van der Waals surface area contributed by atoms with E-state index in [2.05, 4.69) is 29.6 Å². The van der Waals surface area contributed by atoms with Gasteiger partial charge >= 0.3 is 0 Å². The summed E-state index contributed by atoms with van der Waals surface area (Å²) < 4.78 is 0. The molecule has 0 aromatic heterocycles. The van der Waals surface area contributed by atoms with Gasteiger partial charge in [-0.15, -0.1) is 0 Å². The average Bonchev–Trinajstić information content (AvgIpc) is 2.91. The first-order valence-corrected chi connectivity index (χ1v) is 7.46. The van der Waals surface area contributed by atoms with Crippen LogP contribution in [0.3, 0.4) is 0 Å². The first kappa shape index (κ1) is 10.2. The molecule has 0 bridgehead atoms. The van der Waals surface area contributed by atoms with E-state index in [1.54, 1.807) is 0 Å². The maximum absolute atomic E-state index is 12.7. The molecule has 3 atom stereocenters. The first-order valence-electron chi connectivity index (χ1n) is 7.46. The Morgan fingerprint density at radius 2 is 2.21 bits per heavy atom. The normalized spacial score (nSPS) is 37.5. The third-order valence-electron chi connectivity index (χ3n) is 5.82. The van der Waals surface area contributed by atoms with E-state index in [0.717, 1.165) is 12.8 Å². The van der Waals surface area contributed by atoms with Crippen LogP contribution in [0.4, 0.5) is 0 Å². The molecular formula is C17H17NO. The van der Waals surface area contributed by atoms with Gasteiger partial charge in [-0.2, -0.15) is 0 Å². The van der Waals surface area contributed by atoms with Crippen LogP contribution in [0, 0.1) is 11.3 Å². The lowest BCUT2D eigenvalue weighted by molar-refractivity contribution is -0.130. The number of hydrogen-bond donors (Lipinski definition) is 1. The van der Waals surface area contributed by atoms with E-state index in [4.69, 9.17) is 0 Å². The Kier molecular flexibility index (Phi) is 1.68. The van der Waals surface area contributed by atoms with Crippen LogP contribution in [0.15, 0.2) is 18.2 Å². The van der Waals surface area contributed by atoms with Crippen molar-refractivity contribution in [1.82, 2.24) is 5.32 Å². The van der Waals surface area contributed by atoms with Crippen LogP contribution in [-0.2, 0) is 11.2 Å². The van der Waals surface area contributed by atoms with Crippen molar-refractivity contribution in [2.45, 2.75) is 38.1 Å². The lowest BCUT2D eigenvalue weighted by atomic mass is 9.58. The van der Waals surface area contributed by atoms with Gasteiger partial charge in [0, 0.05) is 0 Å². The van der Waals surface area contributed by atoms with Crippen molar-refractivity contribution in [3.8, 4) is 0 Å². The largest absolute Gasteiger partial charge is 0.345 e. The molecule has 1 aliphatic heterocycles. The average molecular weight is 251 g/mol. The Morgan fingerprint density at radius 1 is 1.26 bits per heavy atom. The van der Waals surface area contributed by atoms with Crippen LogP contribution in [0.1, 0.15) is 31.2 Å². The van der Waals surface area contributed by atoms with Gasteiger partial charge in [0.1, 0.15) is 0 Å². The molecule has 1 saturated carbocycles. The molecule has 1 aromatic carbocycles. The van der Waals surface area contributed by atoms with Crippen molar-refractivity contribution < 1.29 is 4.79 Å². The SMILES string of the molecule is O=C1NC2C=c3cccc4c3=C2C12CCCCC2C4. The molecule has 1 amide bonds. The summed E-state index contributed by atoms with van der Waals surface area (Å²) in [5.74, 6) is 0.851.